The molecule has 27 heavy (non-hydrogen) atoms. The third-order valence-electron chi connectivity index (χ3n) is 4.93. The zero-order valence-corrected chi connectivity index (χ0v) is 15.0. The van der Waals surface area contributed by atoms with Crippen LogP contribution in [0.15, 0.2) is 63.1 Å². The summed E-state index contributed by atoms with van der Waals surface area (Å²) in [5, 5.41) is 12.9. The van der Waals surface area contributed by atoms with Crippen molar-refractivity contribution in [3.63, 3.8) is 0 Å². The molecule has 0 amide bonds. The molecule has 0 saturated carbocycles. The van der Waals surface area contributed by atoms with Gasteiger partial charge in [0.1, 0.15) is 11.5 Å². The molecule has 1 atom stereocenters. The number of rotatable bonds is 3. The minimum absolute atomic E-state index is 0.113. The smallest absolute Gasteiger partial charge is 0.131 e. The Kier molecular flexibility index (Phi) is 5.05. The van der Waals surface area contributed by atoms with Crippen molar-refractivity contribution in [3.05, 3.63) is 63.4 Å². The van der Waals surface area contributed by atoms with Crippen LogP contribution in [0, 0.1) is 16.2 Å². The maximum absolute atomic E-state index is 11.1. The highest BCUT2D eigenvalue weighted by atomic mass is 16.3. The molecule has 1 aromatic carbocycles. The van der Waals surface area contributed by atoms with Gasteiger partial charge in [0.2, 0.25) is 0 Å². The fraction of sp³-hybridized carbons (Fsp3) is 0.263. The van der Waals surface area contributed by atoms with E-state index in [1.165, 1.54) is 12.3 Å². The molecule has 6 N–H and O–H groups in total. The lowest BCUT2D eigenvalue weighted by Gasteiger charge is -2.29. The molecule has 8 heteroatoms. The van der Waals surface area contributed by atoms with Crippen LogP contribution in [0.2, 0.25) is 0 Å². The second kappa shape index (κ2) is 7.43. The number of benzene rings is 1. The first kappa shape index (κ1) is 18.4. The van der Waals surface area contributed by atoms with Crippen LogP contribution < -0.4 is 17.2 Å². The lowest BCUT2D eigenvalue weighted by Crippen LogP contribution is -2.29. The monoisotopic (exact) mass is 363 g/mol. The topological polar surface area (TPSA) is 147 Å². The summed E-state index contributed by atoms with van der Waals surface area (Å²) in [6, 6.07) is 7.20. The summed E-state index contributed by atoms with van der Waals surface area (Å²) < 4.78 is 0. The Morgan fingerprint density at radius 1 is 1.41 bits per heavy atom. The van der Waals surface area contributed by atoms with E-state index in [2.05, 4.69) is 21.1 Å². The number of para-hydroxylation sites is 1. The molecule has 0 saturated heterocycles. The molecule has 138 valence electrons. The minimum Gasteiger partial charge on any atom is -0.404 e. The van der Waals surface area contributed by atoms with E-state index in [4.69, 9.17) is 17.2 Å². The van der Waals surface area contributed by atoms with Crippen LogP contribution in [0.1, 0.15) is 17.9 Å². The first-order chi connectivity index (χ1) is 13.0. The van der Waals surface area contributed by atoms with Crippen LogP contribution in [0.3, 0.4) is 0 Å². The minimum atomic E-state index is -0.602. The van der Waals surface area contributed by atoms with Crippen molar-refractivity contribution in [1.29, 1.82) is 5.26 Å². The van der Waals surface area contributed by atoms with Crippen molar-refractivity contribution in [2.75, 3.05) is 25.9 Å². The quantitative estimate of drug-likeness (QED) is 0.553. The van der Waals surface area contributed by atoms with E-state index < -0.39 is 5.92 Å². The highest BCUT2D eigenvalue weighted by molar-refractivity contribution is 6.02. The molecule has 2 aliphatic rings. The number of allylic oxidation sites excluding steroid dienone is 2. The van der Waals surface area contributed by atoms with Crippen LogP contribution in [0.25, 0.3) is 0 Å². The number of nitrogens with zero attached hydrogens (tertiary/aromatic N) is 4. The van der Waals surface area contributed by atoms with E-state index in [0.29, 0.717) is 22.4 Å². The van der Waals surface area contributed by atoms with Gasteiger partial charge in [-0.05, 0) is 35.8 Å². The molecule has 2 heterocycles. The van der Waals surface area contributed by atoms with Crippen LogP contribution in [-0.4, -0.2) is 30.9 Å². The molecule has 0 radical (unpaired) electrons. The molecule has 0 bridgehead atoms. The van der Waals surface area contributed by atoms with Gasteiger partial charge in [-0.15, -0.1) is 4.91 Å². The van der Waals surface area contributed by atoms with Gasteiger partial charge in [-0.2, -0.15) is 5.26 Å². The first-order valence-electron chi connectivity index (χ1n) is 8.52. The summed E-state index contributed by atoms with van der Waals surface area (Å²) in [5.74, 6) is -0.366. The maximum atomic E-state index is 11.1. The average molecular weight is 363 g/mol. The van der Waals surface area contributed by atoms with Crippen LogP contribution in [-0.2, 0) is 0 Å². The summed E-state index contributed by atoms with van der Waals surface area (Å²) in [4.78, 5) is 17.7. The predicted molar refractivity (Wildman–Crippen MR) is 106 cm³/mol. The fourth-order valence-electron chi connectivity index (χ4n) is 3.44. The number of aliphatic imine (C=N–C) groups is 1. The Morgan fingerprint density at radius 3 is 2.78 bits per heavy atom. The number of likely N-dealkylation sites (N-methyl/N-ethyl adjacent to an activating group) is 1. The molecular formula is C19H21N7O. The lowest BCUT2D eigenvalue weighted by atomic mass is 9.79. The highest BCUT2D eigenvalue weighted by Gasteiger charge is 2.33. The standard InChI is InChI=1S/C19H21N7O/c1-26-7-5-11(6-8-26)18-13(9-20)16(14(10-21)19(23)24-18)12-3-2-4-15(25-27)17(12)22/h2-5,10,16H,6-8,21-22H2,1H3,(H2,23,24)/b14-10-. The van der Waals surface area contributed by atoms with Gasteiger partial charge in [0.25, 0.3) is 0 Å². The SMILES string of the molecule is CN1CC=C(C2=C(C#N)C(c3cccc(N=O)c3N)/C(=C/N)C(N)=N2)CC1. The zero-order valence-electron chi connectivity index (χ0n) is 15.0. The maximum Gasteiger partial charge on any atom is 0.131 e. The number of anilines is 1. The molecule has 0 aliphatic carbocycles. The van der Waals surface area contributed by atoms with E-state index in [-0.39, 0.29) is 17.2 Å². The molecule has 8 nitrogen and oxygen atoms in total. The van der Waals surface area contributed by atoms with Gasteiger partial charge < -0.3 is 22.1 Å². The Hall–Kier alpha value is -3.44. The third-order valence-corrected chi connectivity index (χ3v) is 4.93. The number of nitrogens with two attached hydrogens (primary N) is 3. The summed E-state index contributed by atoms with van der Waals surface area (Å²) in [6.45, 7) is 1.63. The molecule has 0 spiro atoms. The van der Waals surface area contributed by atoms with Gasteiger partial charge >= 0.3 is 0 Å². The lowest BCUT2D eigenvalue weighted by molar-refractivity contribution is 0.360. The van der Waals surface area contributed by atoms with E-state index in [0.717, 1.165) is 25.1 Å². The number of nitroso groups, excluding NO2 is 1. The van der Waals surface area contributed by atoms with Crippen LogP contribution in [0.5, 0.6) is 0 Å². The van der Waals surface area contributed by atoms with Crippen molar-refractivity contribution in [2.45, 2.75) is 12.3 Å². The van der Waals surface area contributed by atoms with Crippen molar-refractivity contribution in [3.8, 4) is 6.07 Å². The van der Waals surface area contributed by atoms with E-state index in [9.17, 15) is 10.2 Å². The van der Waals surface area contributed by atoms with E-state index >= 15 is 0 Å². The van der Waals surface area contributed by atoms with Gasteiger partial charge in [0, 0.05) is 24.9 Å². The van der Waals surface area contributed by atoms with Crippen molar-refractivity contribution in [2.24, 2.45) is 21.6 Å². The second-order valence-corrected chi connectivity index (χ2v) is 6.54. The molecule has 0 aromatic heterocycles. The summed E-state index contributed by atoms with van der Waals surface area (Å²) in [7, 11) is 2.03. The van der Waals surface area contributed by atoms with Crippen molar-refractivity contribution in [1.82, 2.24) is 4.90 Å². The molecule has 0 fully saturated rings. The number of hydrogen-bond donors (Lipinski definition) is 3. The molecule has 1 aromatic rings. The predicted octanol–water partition coefficient (Wildman–Crippen LogP) is 2.00. The van der Waals surface area contributed by atoms with Gasteiger partial charge in [-0.3, -0.25) is 0 Å². The highest BCUT2D eigenvalue weighted by Crippen LogP contribution is 2.43. The number of nitrogen functional groups attached to an aromatic ring is 1. The Labute approximate surface area is 157 Å². The average Bonchev–Trinajstić information content (AvgIpc) is 2.68. The van der Waals surface area contributed by atoms with E-state index in [1.54, 1.807) is 12.1 Å². The fourth-order valence-corrected chi connectivity index (χ4v) is 3.44. The van der Waals surface area contributed by atoms with Crippen LogP contribution in [0.4, 0.5) is 11.4 Å². The number of hydrogen-bond acceptors (Lipinski definition) is 8. The summed E-state index contributed by atoms with van der Waals surface area (Å²) in [5.41, 5.74) is 21.4. The number of amidine groups is 1. The molecule has 1 unspecified atom stereocenters. The largest absolute Gasteiger partial charge is 0.404 e. The Balaban J connectivity index is 2.23. The van der Waals surface area contributed by atoms with Gasteiger partial charge in [0.15, 0.2) is 0 Å². The first-order valence-corrected chi connectivity index (χ1v) is 8.52. The van der Waals surface area contributed by atoms with Gasteiger partial charge in [-0.25, -0.2) is 4.99 Å². The summed E-state index contributed by atoms with van der Waals surface area (Å²) >= 11 is 0. The van der Waals surface area contributed by atoms with Gasteiger partial charge in [-0.1, -0.05) is 18.2 Å². The number of nitriles is 1. The van der Waals surface area contributed by atoms with Crippen LogP contribution >= 0.6 is 0 Å². The second-order valence-electron chi connectivity index (χ2n) is 6.54. The molecular weight excluding hydrogens is 342 g/mol. The van der Waals surface area contributed by atoms with Gasteiger partial charge in [0.05, 0.1) is 28.9 Å². The normalized spacial score (nSPS) is 22.2. The van der Waals surface area contributed by atoms with Crippen molar-refractivity contribution < 1.29 is 0 Å². The summed E-state index contributed by atoms with van der Waals surface area (Å²) in [6.07, 6.45) is 4.14. The Bertz CT molecular complexity index is 949. The van der Waals surface area contributed by atoms with E-state index in [1.807, 2.05) is 13.1 Å². The zero-order chi connectivity index (χ0) is 19.6. The third kappa shape index (κ3) is 3.20. The molecule has 3 rings (SSSR count). The van der Waals surface area contributed by atoms with Crippen molar-refractivity contribution >= 4 is 17.2 Å². The molecule has 2 aliphatic heterocycles. The Morgan fingerprint density at radius 2 is 2.19 bits per heavy atom.